The van der Waals surface area contributed by atoms with Crippen molar-refractivity contribution in [3.63, 3.8) is 0 Å². The standard InChI is InChI=1S/C15H19BrClN/c16-14-7-10(1-6-15(14)17)8-18-9-13(11-2-3-11)12-4-5-12/h1,6-7,11-13,18H,2-5,8-9H2. The number of halogens is 2. The minimum Gasteiger partial charge on any atom is -0.312 e. The van der Waals surface area contributed by atoms with Crippen LogP contribution >= 0.6 is 27.5 Å². The lowest BCUT2D eigenvalue weighted by Crippen LogP contribution is -2.25. The second kappa shape index (κ2) is 5.52. The van der Waals surface area contributed by atoms with Crippen molar-refractivity contribution in [2.75, 3.05) is 6.54 Å². The van der Waals surface area contributed by atoms with E-state index in [1.165, 1.54) is 37.8 Å². The van der Waals surface area contributed by atoms with Crippen LogP contribution < -0.4 is 5.32 Å². The van der Waals surface area contributed by atoms with Gasteiger partial charge in [-0.1, -0.05) is 17.7 Å². The largest absolute Gasteiger partial charge is 0.312 e. The van der Waals surface area contributed by atoms with E-state index in [1.54, 1.807) is 0 Å². The van der Waals surface area contributed by atoms with Gasteiger partial charge in [0.2, 0.25) is 0 Å². The average molecular weight is 329 g/mol. The highest BCUT2D eigenvalue weighted by Crippen LogP contribution is 2.48. The molecule has 1 N–H and O–H groups in total. The average Bonchev–Trinajstić information content (AvgIpc) is 3.22. The van der Waals surface area contributed by atoms with Crippen LogP contribution in [0.3, 0.4) is 0 Å². The summed E-state index contributed by atoms with van der Waals surface area (Å²) in [6.45, 7) is 2.14. The Morgan fingerprint density at radius 3 is 2.44 bits per heavy atom. The van der Waals surface area contributed by atoms with Gasteiger partial charge < -0.3 is 5.32 Å². The predicted molar refractivity (Wildman–Crippen MR) is 79.8 cm³/mol. The van der Waals surface area contributed by atoms with Crippen LogP contribution in [-0.4, -0.2) is 6.54 Å². The Balaban J connectivity index is 1.49. The monoisotopic (exact) mass is 327 g/mol. The van der Waals surface area contributed by atoms with Crippen molar-refractivity contribution in [3.8, 4) is 0 Å². The summed E-state index contributed by atoms with van der Waals surface area (Å²) in [4.78, 5) is 0. The van der Waals surface area contributed by atoms with E-state index in [-0.39, 0.29) is 0 Å². The van der Waals surface area contributed by atoms with Crippen LogP contribution in [0, 0.1) is 17.8 Å². The van der Waals surface area contributed by atoms with Gasteiger partial charge in [0.15, 0.2) is 0 Å². The van der Waals surface area contributed by atoms with Crippen LogP contribution in [-0.2, 0) is 6.54 Å². The van der Waals surface area contributed by atoms with E-state index >= 15 is 0 Å². The Morgan fingerprint density at radius 2 is 1.89 bits per heavy atom. The second-order valence-corrected chi connectivity index (χ2v) is 6.98. The van der Waals surface area contributed by atoms with Crippen LogP contribution in [0.1, 0.15) is 31.2 Å². The van der Waals surface area contributed by atoms with Crippen molar-refractivity contribution >= 4 is 27.5 Å². The molecule has 0 bridgehead atoms. The normalized spacial score (nSPS) is 19.5. The van der Waals surface area contributed by atoms with Gasteiger partial charge in [-0.2, -0.15) is 0 Å². The number of rotatable bonds is 6. The highest BCUT2D eigenvalue weighted by Gasteiger charge is 2.40. The first-order valence-corrected chi connectivity index (χ1v) is 8.06. The summed E-state index contributed by atoms with van der Waals surface area (Å²) in [7, 11) is 0. The molecule has 98 valence electrons. The molecule has 0 spiro atoms. The van der Waals surface area contributed by atoms with E-state index in [1.807, 2.05) is 6.07 Å². The molecule has 1 aromatic rings. The van der Waals surface area contributed by atoms with Crippen molar-refractivity contribution in [2.45, 2.75) is 32.2 Å². The van der Waals surface area contributed by atoms with Crippen LogP contribution in [0.4, 0.5) is 0 Å². The first-order valence-electron chi connectivity index (χ1n) is 6.88. The van der Waals surface area contributed by atoms with Crippen molar-refractivity contribution in [3.05, 3.63) is 33.3 Å². The summed E-state index contributed by atoms with van der Waals surface area (Å²) in [6.07, 6.45) is 5.87. The van der Waals surface area contributed by atoms with E-state index in [9.17, 15) is 0 Å². The van der Waals surface area contributed by atoms with Gasteiger partial charge in [0.05, 0.1) is 5.02 Å². The van der Waals surface area contributed by atoms with E-state index in [0.29, 0.717) is 0 Å². The summed E-state index contributed by atoms with van der Waals surface area (Å²) in [5.74, 6) is 3.00. The van der Waals surface area contributed by atoms with Gasteiger partial charge >= 0.3 is 0 Å². The zero-order valence-electron chi connectivity index (χ0n) is 10.5. The fourth-order valence-electron chi connectivity index (χ4n) is 2.80. The predicted octanol–water partition coefficient (Wildman–Crippen LogP) is 4.63. The van der Waals surface area contributed by atoms with E-state index in [4.69, 9.17) is 11.6 Å². The molecule has 3 rings (SSSR count). The topological polar surface area (TPSA) is 12.0 Å². The smallest absolute Gasteiger partial charge is 0.0548 e. The molecule has 3 heteroatoms. The van der Waals surface area contributed by atoms with Crippen LogP contribution in [0.15, 0.2) is 22.7 Å². The molecule has 0 saturated heterocycles. The van der Waals surface area contributed by atoms with Gasteiger partial charge in [0.1, 0.15) is 0 Å². The van der Waals surface area contributed by atoms with Gasteiger partial charge in [0, 0.05) is 11.0 Å². The second-order valence-electron chi connectivity index (χ2n) is 5.72. The van der Waals surface area contributed by atoms with Crippen molar-refractivity contribution in [1.29, 1.82) is 0 Å². The lowest BCUT2D eigenvalue weighted by molar-refractivity contribution is 0.378. The number of benzene rings is 1. The van der Waals surface area contributed by atoms with Gasteiger partial charge in [-0.25, -0.2) is 0 Å². The van der Waals surface area contributed by atoms with E-state index in [0.717, 1.165) is 33.8 Å². The number of hydrogen-bond donors (Lipinski definition) is 1. The molecule has 18 heavy (non-hydrogen) atoms. The number of hydrogen-bond acceptors (Lipinski definition) is 1. The molecule has 2 fully saturated rings. The fourth-order valence-corrected chi connectivity index (χ4v) is 3.34. The Kier molecular flexibility index (Phi) is 3.97. The fraction of sp³-hybridized carbons (Fsp3) is 0.600. The minimum atomic E-state index is 0.785. The zero-order valence-corrected chi connectivity index (χ0v) is 12.8. The van der Waals surface area contributed by atoms with Crippen LogP contribution in [0.5, 0.6) is 0 Å². The molecule has 0 atom stereocenters. The van der Waals surface area contributed by atoms with Gasteiger partial charge in [-0.15, -0.1) is 0 Å². The van der Waals surface area contributed by atoms with Crippen LogP contribution in [0.2, 0.25) is 5.02 Å². The maximum absolute atomic E-state index is 6.00. The zero-order chi connectivity index (χ0) is 12.5. The van der Waals surface area contributed by atoms with E-state index < -0.39 is 0 Å². The first kappa shape index (κ1) is 13.0. The number of nitrogens with one attached hydrogen (secondary N) is 1. The molecule has 1 nitrogen and oxygen atoms in total. The summed E-state index contributed by atoms with van der Waals surface area (Å²) >= 11 is 9.47. The highest BCUT2D eigenvalue weighted by atomic mass is 79.9. The summed E-state index contributed by atoms with van der Waals surface area (Å²) in [5, 5.41) is 4.41. The molecule has 0 amide bonds. The van der Waals surface area contributed by atoms with E-state index in [2.05, 4.69) is 33.4 Å². The lowest BCUT2D eigenvalue weighted by atomic mass is 9.98. The van der Waals surface area contributed by atoms with Crippen LogP contribution in [0.25, 0.3) is 0 Å². The summed E-state index contributed by atoms with van der Waals surface area (Å²) in [6, 6.07) is 6.17. The SMILES string of the molecule is Clc1ccc(CNCC(C2CC2)C2CC2)cc1Br. The molecular formula is C15H19BrClN. The molecule has 0 aromatic heterocycles. The summed E-state index contributed by atoms with van der Waals surface area (Å²) < 4.78 is 0.990. The molecule has 0 unspecified atom stereocenters. The first-order chi connectivity index (χ1) is 8.74. The quantitative estimate of drug-likeness (QED) is 0.803. The molecule has 1 aromatic carbocycles. The molecule has 0 aliphatic heterocycles. The van der Waals surface area contributed by atoms with Crippen molar-refractivity contribution < 1.29 is 0 Å². The molecule has 2 aliphatic carbocycles. The molecule has 2 saturated carbocycles. The maximum Gasteiger partial charge on any atom is 0.0548 e. The third-order valence-corrected chi connectivity index (χ3v) is 5.36. The Bertz CT molecular complexity index is 415. The third-order valence-electron chi connectivity index (χ3n) is 4.15. The Hall–Kier alpha value is -0.0500. The van der Waals surface area contributed by atoms with Gasteiger partial charge in [-0.05, 0) is 83.6 Å². The van der Waals surface area contributed by atoms with Gasteiger partial charge in [0.25, 0.3) is 0 Å². The minimum absolute atomic E-state index is 0.785. The third kappa shape index (κ3) is 3.28. The summed E-state index contributed by atoms with van der Waals surface area (Å²) in [5.41, 5.74) is 1.30. The van der Waals surface area contributed by atoms with Crippen molar-refractivity contribution in [1.82, 2.24) is 5.32 Å². The van der Waals surface area contributed by atoms with Gasteiger partial charge in [-0.3, -0.25) is 0 Å². The molecule has 0 heterocycles. The molecule has 2 aliphatic rings. The lowest BCUT2D eigenvalue weighted by Gasteiger charge is -2.16. The maximum atomic E-state index is 6.00. The Labute approximate surface area is 122 Å². The molecule has 0 radical (unpaired) electrons. The molecular weight excluding hydrogens is 310 g/mol. The van der Waals surface area contributed by atoms with Crippen molar-refractivity contribution in [2.24, 2.45) is 17.8 Å². The highest BCUT2D eigenvalue weighted by molar-refractivity contribution is 9.10. The Morgan fingerprint density at radius 1 is 1.22 bits per heavy atom.